The molecule has 1 amide bonds. The van der Waals surface area contributed by atoms with Crippen LogP contribution in [0.4, 0.5) is 5.69 Å². The first-order valence-electron chi connectivity index (χ1n) is 11.5. The van der Waals surface area contributed by atoms with Crippen molar-refractivity contribution in [2.24, 2.45) is 0 Å². The Morgan fingerprint density at radius 3 is 2.48 bits per heavy atom. The number of carbonyl (C=O) groups excluding carboxylic acids is 2. The minimum Gasteiger partial charge on any atom is -0.497 e. The maximum absolute atomic E-state index is 12.8. The van der Waals surface area contributed by atoms with Gasteiger partial charge in [0.1, 0.15) is 5.75 Å². The molecule has 0 aromatic heterocycles. The van der Waals surface area contributed by atoms with Gasteiger partial charge in [0.05, 0.1) is 24.9 Å². The van der Waals surface area contributed by atoms with Crippen LogP contribution >= 0.6 is 0 Å². The van der Waals surface area contributed by atoms with Crippen LogP contribution in [0.1, 0.15) is 41.8 Å². The molecule has 7 heteroatoms. The van der Waals surface area contributed by atoms with Crippen molar-refractivity contribution in [3.63, 3.8) is 0 Å². The average Bonchev–Trinajstić information content (AvgIpc) is 2.81. The quantitative estimate of drug-likeness (QED) is 0.626. The lowest BCUT2D eigenvalue weighted by Crippen LogP contribution is -2.44. The van der Waals surface area contributed by atoms with Crippen LogP contribution in [0.3, 0.4) is 0 Å². The predicted octanol–water partition coefficient (Wildman–Crippen LogP) is 3.44. The fourth-order valence-corrected chi connectivity index (χ4v) is 4.67. The lowest BCUT2D eigenvalue weighted by atomic mass is 10.0. The van der Waals surface area contributed by atoms with E-state index >= 15 is 0 Å². The average molecular weight is 453 g/mol. The maximum atomic E-state index is 12.8. The summed E-state index contributed by atoms with van der Waals surface area (Å²) in [6.07, 6.45) is 2.19. The van der Waals surface area contributed by atoms with Crippen LogP contribution in [0.5, 0.6) is 5.75 Å². The van der Waals surface area contributed by atoms with Crippen molar-refractivity contribution in [3.05, 3.63) is 59.2 Å². The van der Waals surface area contributed by atoms with E-state index in [9.17, 15) is 9.59 Å². The first kappa shape index (κ1) is 23.3. The number of esters is 1. The van der Waals surface area contributed by atoms with E-state index in [4.69, 9.17) is 14.2 Å². The van der Waals surface area contributed by atoms with Gasteiger partial charge in [0.2, 0.25) is 0 Å². The van der Waals surface area contributed by atoms with Crippen molar-refractivity contribution >= 4 is 17.6 Å². The number of ether oxygens (including phenoxy) is 3. The first-order valence-corrected chi connectivity index (χ1v) is 11.5. The van der Waals surface area contributed by atoms with Gasteiger partial charge in [0, 0.05) is 31.9 Å². The predicted molar refractivity (Wildman–Crippen MR) is 126 cm³/mol. The Hall–Kier alpha value is -2.90. The minimum atomic E-state index is -0.490. The van der Waals surface area contributed by atoms with E-state index in [1.807, 2.05) is 30.3 Å². The summed E-state index contributed by atoms with van der Waals surface area (Å²) < 4.78 is 16.4. The van der Waals surface area contributed by atoms with Crippen LogP contribution in [-0.2, 0) is 27.2 Å². The van der Waals surface area contributed by atoms with E-state index in [0.717, 1.165) is 55.0 Å². The standard InChI is InChI=1S/C26H32N2O5/c1-18-14-27(15-19(2)33-18)16-20-6-8-21(9-7-20)26(30)32-17-25(29)28-12-4-5-22-13-23(31-3)10-11-24(22)28/h6-11,13,18-19H,4-5,12,14-17H2,1-3H3. The van der Waals surface area contributed by atoms with Crippen LogP contribution in [0.25, 0.3) is 0 Å². The normalized spacial score (nSPS) is 20.8. The molecule has 2 atom stereocenters. The number of fused-ring (bicyclic) bond motifs is 1. The largest absolute Gasteiger partial charge is 0.497 e. The summed E-state index contributed by atoms with van der Waals surface area (Å²) in [5.41, 5.74) is 3.50. The fourth-order valence-electron chi connectivity index (χ4n) is 4.67. The number of carbonyl (C=O) groups is 2. The van der Waals surface area contributed by atoms with Crippen molar-refractivity contribution < 1.29 is 23.8 Å². The number of hydrogen-bond acceptors (Lipinski definition) is 6. The molecule has 2 aromatic rings. The van der Waals surface area contributed by atoms with Gasteiger partial charge in [-0.3, -0.25) is 9.69 Å². The summed E-state index contributed by atoms with van der Waals surface area (Å²) in [6.45, 7) is 7.10. The van der Waals surface area contributed by atoms with Crippen molar-refractivity contribution in [1.29, 1.82) is 0 Å². The van der Waals surface area contributed by atoms with E-state index in [2.05, 4.69) is 18.7 Å². The lowest BCUT2D eigenvalue weighted by molar-refractivity contribution is -0.121. The van der Waals surface area contributed by atoms with Gasteiger partial charge < -0.3 is 19.1 Å². The fraction of sp³-hybridized carbons (Fsp3) is 0.462. The molecule has 0 saturated carbocycles. The number of hydrogen-bond donors (Lipinski definition) is 0. The van der Waals surface area contributed by atoms with Gasteiger partial charge in [-0.2, -0.15) is 0 Å². The Bertz CT molecular complexity index is 981. The molecule has 2 aliphatic rings. The van der Waals surface area contributed by atoms with Gasteiger partial charge in [-0.05, 0) is 68.1 Å². The topological polar surface area (TPSA) is 68.3 Å². The van der Waals surface area contributed by atoms with Crippen molar-refractivity contribution in [2.45, 2.75) is 45.4 Å². The van der Waals surface area contributed by atoms with E-state index < -0.39 is 5.97 Å². The minimum absolute atomic E-state index is 0.217. The van der Waals surface area contributed by atoms with Gasteiger partial charge in [-0.25, -0.2) is 4.79 Å². The first-order chi connectivity index (χ1) is 15.9. The van der Waals surface area contributed by atoms with Gasteiger partial charge >= 0.3 is 5.97 Å². The molecule has 176 valence electrons. The molecular weight excluding hydrogens is 420 g/mol. The number of rotatable bonds is 6. The molecule has 0 radical (unpaired) electrons. The van der Waals surface area contributed by atoms with Crippen LogP contribution in [0, 0.1) is 0 Å². The molecule has 7 nitrogen and oxygen atoms in total. The van der Waals surface area contributed by atoms with E-state index in [-0.39, 0.29) is 24.7 Å². The number of amides is 1. The smallest absolute Gasteiger partial charge is 0.338 e. The van der Waals surface area contributed by atoms with E-state index in [1.165, 1.54) is 0 Å². The second-order valence-electron chi connectivity index (χ2n) is 8.87. The molecule has 4 rings (SSSR count). The summed E-state index contributed by atoms with van der Waals surface area (Å²) in [4.78, 5) is 29.3. The molecule has 2 heterocycles. The summed E-state index contributed by atoms with van der Waals surface area (Å²) in [5.74, 6) is 0.0627. The molecule has 2 unspecified atom stereocenters. The maximum Gasteiger partial charge on any atom is 0.338 e. The second-order valence-corrected chi connectivity index (χ2v) is 8.87. The Morgan fingerprint density at radius 2 is 1.79 bits per heavy atom. The van der Waals surface area contributed by atoms with Gasteiger partial charge in [0.25, 0.3) is 5.91 Å². The highest BCUT2D eigenvalue weighted by Gasteiger charge is 2.25. The Balaban J connectivity index is 1.31. The molecule has 0 spiro atoms. The molecule has 2 aliphatic heterocycles. The SMILES string of the molecule is COc1ccc2c(c1)CCCN2C(=O)COC(=O)c1ccc(CN2CC(C)OC(C)C2)cc1. The Morgan fingerprint density at radius 1 is 1.06 bits per heavy atom. The molecule has 1 saturated heterocycles. The summed E-state index contributed by atoms with van der Waals surface area (Å²) in [6, 6.07) is 13.1. The number of methoxy groups -OCH3 is 1. The molecular formula is C26H32N2O5. The van der Waals surface area contributed by atoms with Crippen LogP contribution in [0.15, 0.2) is 42.5 Å². The van der Waals surface area contributed by atoms with Gasteiger partial charge in [-0.1, -0.05) is 12.1 Å². The molecule has 0 N–H and O–H groups in total. The molecule has 0 aliphatic carbocycles. The number of aryl methyl sites for hydroxylation is 1. The molecule has 0 bridgehead atoms. The number of benzene rings is 2. The highest BCUT2D eigenvalue weighted by molar-refractivity contribution is 5.98. The molecule has 33 heavy (non-hydrogen) atoms. The van der Waals surface area contributed by atoms with Crippen molar-refractivity contribution in [1.82, 2.24) is 4.90 Å². The number of nitrogens with zero attached hydrogens (tertiary/aromatic N) is 2. The highest BCUT2D eigenvalue weighted by atomic mass is 16.5. The molecule has 1 fully saturated rings. The Kier molecular flexibility index (Phi) is 7.30. The Labute approximate surface area is 195 Å². The van der Waals surface area contributed by atoms with E-state index in [1.54, 1.807) is 24.1 Å². The van der Waals surface area contributed by atoms with Gasteiger partial charge in [-0.15, -0.1) is 0 Å². The third-order valence-electron chi connectivity index (χ3n) is 6.12. The van der Waals surface area contributed by atoms with Crippen molar-refractivity contribution in [3.8, 4) is 5.75 Å². The van der Waals surface area contributed by atoms with Crippen LogP contribution < -0.4 is 9.64 Å². The third kappa shape index (κ3) is 5.72. The zero-order chi connectivity index (χ0) is 23.4. The second kappa shape index (κ2) is 10.4. The highest BCUT2D eigenvalue weighted by Crippen LogP contribution is 2.30. The molecule has 2 aromatic carbocycles. The number of morpholine rings is 1. The third-order valence-corrected chi connectivity index (χ3v) is 6.12. The van der Waals surface area contributed by atoms with Gasteiger partial charge in [0.15, 0.2) is 6.61 Å². The van der Waals surface area contributed by atoms with Crippen LogP contribution in [-0.4, -0.2) is 62.3 Å². The van der Waals surface area contributed by atoms with E-state index in [0.29, 0.717) is 12.1 Å². The lowest BCUT2D eigenvalue weighted by Gasteiger charge is -2.35. The zero-order valence-corrected chi connectivity index (χ0v) is 19.6. The zero-order valence-electron chi connectivity index (χ0n) is 19.6. The summed E-state index contributed by atoms with van der Waals surface area (Å²) in [5, 5.41) is 0. The monoisotopic (exact) mass is 452 g/mol. The van der Waals surface area contributed by atoms with Crippen LogP contribution in [0.2, 0.25) is 0 Å². The summed E-state index contributed by atoms with van der Waals surface area (Å²) in [7, 11) is 1.63. The summed E-state index contributed by atoms with van der Waals surface area (Å²) >= 11 is 0. The number of anilines is 1. The van der Waals surface area contributed by atoms with Crippen molar-refractivity contribution in [2.75, 3.05) is 38.3 Å².